The Hall–Kier alpha value is -3.75. The number of hydrogen-bond donors (Lipinski definition) is 1. The molecule has 0 aliphatic rings. The molecule has 9 nitrogen and oxygen atoms in total. The van der Waals surface area contributed by atoms with Gasteiger partial charge >= 0.3 is 0 Å². The van der Waals surface area contributed by atoms with Gasteiger partial charge in [-0.25, -0.2) is 4.68 Å². The van der Waals surface area contributed by atoms with Gasteiger partial charge in [0.1, 0.15) is 5.75 Å². The molecule has 0 aliphatic carbocycles. The number of ether oxygens (including phenoxy) is 1. The maximum Gasteiger partial charge on any atom is 0.246 e. The summed E-state index contributed by atoms with van der Waals surface area (Å²) in [5.41, 5.74) is 2.59. The highest BCUT2D eigenvalue weighted by molar-refractivity contribution is 5.64. The van der Waals surface area contributed by atoms with Gasteiger partial charge in [0.15, 0.2) is 5.82 Å². The minimum Gasteiger partial charge on any atom is -0.496 e. The van der Waals surface area contributed by atoms with E-state index < -0.39 is 0 Å². The van der Waals surface area contributed by atoms with E-state index in [2.05, 4.69) is 31.0 Å². The zero-order valence-corrected chi connectivity index (χ0v) is 14.8. The molecule has 0 saturated heterocycles. The number of anilines is 1. The van der Waals surface area contributed by atoms with E-state index in [4.69, 9.17) is 9.26 Å². The molecule has 0 amide bonds. The molecular weight excluding hydrogens is 346 g/mol. The summed E-state index contributed by atoms with van der Waals surface area (Å²) in [5, 5.41) is 18.9. The average molecular weight is 363 g/mol. The third-order valence-corrected chi connectivity index (χ3v) is 4.00. The van der Waals surface area contributed by atoms with Crippen molar-refractivity contribution in [2.75, 3.05) is 12.4 Å². The molecule has 0 spiro atoms. The van der Waals surface area contributed by atoms with E-state index in [1.54, 1.807) is 18.8 Å². The standard InChI is InChI=1S/C18H17N7O2/c1-25-18(21-23-24-25)12-6-5-7-13(10-12)19-11-16-20-17(22-27-16)14-8-3-4-9-15(14)26-2/h3-10,19H,11H2,1-2H3. The van der Waals surface area contributed by atoms with Crippen molar-refractivity contribution in [2.24, 2.45) is 7.05 Å². The second kappa shape index (κ2) is 7.24. The van der Waals surface area contributed by atoms with Crippen LogP contribution in [0.1, 0.15) is 5.89 Å². The van der Waals surface area contributed by atoms with Crippen LogP contribution in [-0.2, 0) is 13.6 Å². The van der Waals surface area contributed by atoms with Crippen molar-refractivity contribution >= 4 is 5.69 Å². The van der Waals surface area contributed by atoms with E-state index in [0.717, 1.165) is 16.8 Å². The number of hydrogen-bond acceptors (Lipinski definition) is 8. The SMILES string of the molecule is COc1ccccc1-c1noc(CNc2cccc(-c3nnnn3C)c2)n1. The van der Waals surface area contributed by atoms with Crippen molar-refractivity contribution in [3.8, 4) is 28.5 Å². The van der Waals surface area contributed by atoms with Crippen LogP contribution >= 0.6 is 0 Å². The fraction of sp³-hybridized carbons (Fsp3) is 0.167. The van der Waals surface area contributed by atoms with Crippen molar-refractivity contribution in [3.63, 3.8) is 0 Å². The number of tetrazole rings is 1. The van der Waals surface area contributed by atoms with Crippen molar-refractivity contribution in [1.29, 1.82) is 0 Å². The molecule has 4 aromatic rings. The van der Waals surface area contributed by atoms with Gasteiger partial charge in [-0.15, -0.1) is 5.10 Å². The highest BCUT2D eigenvalue weighted by Crippen LogP contribution is 2.27. The van der Waals surface area contributed by atoms with Gasteiger partial charge in [0.05, 0.1) is 19.2 Å². The van der Waals surface area contributed by atoms with E-state index in [1.807, 2.05) is 48.5 Å². The van der Waals surface area contributed by atoms with Gasteiger partial charge < -0.3 is 14.6 Å². The van der Waals surface area contributed by atoms with Gasteiger partial charge in [-0.1, -0.05) is 29.4 Å². The molecule has 2 heterocycles. The lowest BCUT2D eigenvalue weighted by molar-refractivity contribution is 0.383. The molecule has 0 fully saturated rings. The Kier molecular flexibility index (Phi) is 4.48. The monoisotopic (exact) mass is 363 g/mol. The number of nitrogens with zero attached hydrogens (tertiary/aromatic N) is 6. The zero-order chi connectivity index (χ0) is 18.6. The van der Waals surface area contributed by atoms with Gasteiger partial charge in [0.25, 0.3) is 0 Å². The Balaban J connectivity index is 1.49. The van der Waals surface area contributed by atoms with E-state index in [-0.39, 0.29) is 0 Å². The van der Waals surface area contributed by atoms with E-state index in [0.29, 0.717) is 29.8 Å². The molecule has 2 aromatic carbocycles. The van der Waals surface area contributed by atoms with Gasteiger partial charge in [0.2, 0.25) is 11.7 Å². The lowest BCUT2D eigenvalue weighted by Gasteiger charge is -2.05. The largest absolute Gasteiger partial charge is 0.496 e. The van der Waals surface area contributed by atoms with Crippen LogP contribution in [0.3, 0.4) is 0 Å². The highest BCUT2D eigenvalue weighted by Gasteiger charge is 2.13. The topological polar surface area (TPSA) is 104 Å². The molecule has 0 saturated carbocycles. The summed E-state index contributed by atoms with van der Waals surface area (Å²) in [6.45, 7) is 0.392. The fourth-order valence-corrected chi connectivity index (χ4v) is 2.69. The summed E-state index contributed by atoms with van der Waals surface area (Å²) in [6.07, 6.45) is 0. The van der Waals surface area contributed by atoms with Crippen LogP contribution in [0.15, 0.2) is 53.1 Å². The second-order valence-corrected chi connectivity index (χ2v) is 5.77. The van der Waals surface area contributed by atoms with E-state index in [1.165, 1.54) is 0 Å². The Labute approximate surface area is 155 Å². The zero-order valence-electron chi connectivity index (χ0n) is 14.8. The molecule has 2 aromatic heterocycles. The number of rotatable bonds is 6. The Bertz CT molecular complexity index is 1060. The summed E-state index contributed by atoms with van der Waals surface area (Å²) in [7, 11) is 3.41. The summed E-state index contributed by atoms with van der Waals surface area (Å²) in [6, 6.07) is 15.3. The van der Waals surface area contributed by atoms with Crippen LogP contribution in [0.5, 0.6) is 5.75 Å². The second-order valence-electron chi connectivity index (χ2n) is 5.77. The van der Waals surface area contributed by atoms with Gasteiger partial charge in [0, 0.05) is 18.3 Å². The van der Waals surface area contributed by atoms with Crippen molar-refractivity contribution in [3.05, 3.63) is 54.4 Å². The predicted octanol–water partition coefficient (Wildman–Crippen LogP) is 2.55. The molecule has 136 valence electrons. The highest BCUT2D eigenvalue weighted by atomic mass is 16.5. The quantitative estimate of drug-likeness (QED) is 0.557. The first-order chi connectivity index (χ1) is 13.2. The van der Waals surface area contributed by atoms with Crippen LogP contribution in [0.4, 0.5) is 5.69 Å². The number of methoxy groups -OCH3 is 1. The number of aromatic nitrogens is 6. The van der Waals surface area contributed by atoms with E-state index in [9.17, 15) is 0 Å². The first kappa shape index (κ1) is 16.7. The third kappa shape index (κ3) is 3.47. The predicted molar refractivity (Wildman–Crippen MR) is 97.8 cm³/mol. The molecule has 0 aliphatic heterocycles. The van der Waals surface area contributed by atoms with Crippen molar-refractivity contribution in [2.45, 2.75) is 6.54 Å². The molecule has 0 bridgehead atoms. The van der Waals surface area contributed by atoms with Gasteiger partial charge in [-0.05, 0) is 34.7 Å². The lowest BCUT2D eigenvalue weighted by Crippen LogP contribution is -2.00. The molecule has 0 unspecified atom stereocenters. The van der Waals surface area contributed by atoms with E-state index >= 15 is 0 Å². The fourth-order valence-electron chi connectivity index (χ4n) is 2.69. The molecule has 9 heteroatoms. The summed E-state index contributed by atoms with van der Waals surface area (Å²) in [4.78, 5) is 4.43. The maximum atomic E-state index is 5.35. The van der Waals surface area contributed by atoms with Crippen LogP contribution in [-0.4, -0.2) is 37.5 Å². The smallest absolute Gasteiger partial charge is 0.246 e. The average Bonchev–Trinajstić information content (AvgIpc) is 3.35. The Morgan fingerprint density at radius 3 is 2.85 bits per heavy atom. The van der Waals surface area contributed by atoms with Gasteiger partial charge in [-0.3, -0.25) is 0 Å². The first-order valence-electron chi connectivity index (χ1n) is 8.27. The molecule has 0 atom stereocenters. The molecule has 0 radical (unpaired) electrons. The molecule has 4 rings (SSSR count). The van der Waals surface area contributed by atoms with Crippen LogP contribution < -0.4 is 10.1 Å². The van der Waals surface area contributed by atoms with Crippen molar-refractivity contribution < 1.29 is 9.26 Å². The summed E-state index contributed by atoms with van der Waals surface area (Å²) < 4.78 is 12.3. The maximum absolute atomic E-state index is 5.35. The molecule has 27 heavy (non-hydrogen) atoms. The minimum atomic E-state index is 0.392. The van der Waals surface area contributed by atoms with Gasteiger partial charge in [-0.2, -0.15) is 4.98 Å². The minimum absolute atomic E-state index is 0.392. The third-order valence-electron chi connectivity index (χ3n) is 4.00. The number of benzene rings is 2. The number of para-hydroxylation sites is 1. The Morgan fingerprint density at radius 1 is 1.15 bits per heavy atom. The summed E-state index contributed by atoms with van der Waals surface area (Å²) in [5.74, 6) is 2.35. The number of aryl methyl sites for hydroxylation is 1. The lowest BCUT2D eigenvalue weighted by atomic mass is 10.2. The van der Waals surface area contributed by atoms with Crippen molar-refractivity contribution in [1.82, 2.24) is 30.3 Å². The number of nitrogens with one attached hydrogen (secondary N) is 1. The summed E-state index contributed by atoms with van der Waals surface area (Å²) >= 11 is 0. The molecular formula is C18H17N7O2. The van der Waals surface area contributed by atoms with Crippen LogP contribution in [0.25, 0.3) is 22.8 Å². The van der Waals surface area contributed by atoms with Crippen LogP contribution in [0, 0.1) is 0 Å². The van der Waals surface area contributed by atoms with Crippen LogP contribution in [0.2, 0.25) is 0 Å². The Morgan fingerprint density at radius 2 is 2.04 bits per heavy atom. The normalized spacial score (nSPS) is 10.7. The molecule has 1 N–H and O–H groups in total. The first-order valence-corrected chi connectivity index (χ1v) is 8.27.